The molecule has 0 aliphatic rings. The molecule has 0 aliphatic carbocycles. The van der Waals surface area contributed by atoms with Crippen molar-refractivity contribution in [3.8, 4) is 5.75 Å². The molecule has 0 aliphatic heterocycles. The third kappa shape index (κ3) is 4.60. The molecular formula is C14H17BrN2OS. The molecule has 0 unspecified atom stereocenters. The predicted octanol–water partition coefficient (Wildman–Crippen LogP) is 3.98. The van der Waals surface area contributed by atoms with Crippen molar-refractivity contribution in [1.82, 2.24) is 10.3 Å². The number of nitrogens with one attached hydrogen (secondary N) is 1. The maximum Gasteiger partial charge on any atom is 0.134 e. The fourth-order valence-electron chi connectivity index (χ4n) is 1.50. The van der Waals surface area contributed by atoms with Gasteiger partial charge < -0.3 is 10.1 Å². The summed E-state index contributed by atoms with van der Waals surface area (Å²) in [6.45, 7) is 5.58. The summed E-state index contributed by atoms with van der Waals surface area (Å²) in [6.07, 6.45) is 0. The maximum absolute atomic E-state index is 5.74. The average Bonchev–Trinajstić information content (AvgIpc) is 2.83. The van der Waals surface area contributed by atoms with E-state index in [9.17, 15) is 0 Å². The van der Waals surface area contributed by atoms with E-state index in [2.05, 4.69) is 40.1 Å². The Hall–Kier alpha value is -0.910. The molecule has 19 heavy (non-hydrogen) atoms. The third-order valence-corrected chi connectivity index (χ3v) is 4.03. The standard InChI is InChI=1S/C14H17BrN2OS/c1-10(2)16-7-14-17-11(9-19-14)8-18-13-6-4-3-5-12(13)15/h3-6,9-10,16H,7-8H2,1-2H3. The van der Waals surface area contributed by atoms with Crippen LogP contribution in [0.25, 0.3) is 0 Å². The summed E-state index contributed by atoms with van der Waals surface area (Å²) < 4.78 is 6.70. The maximum atomic E-state index is 5.74. The van der Waals surface area contributed by atoms with E-state index >= 15 is 0 Å². The van der Waals surface area contributed by atoms with Gasteiger partial charge in [-0.15, -0.1) is 11.3 Å². The normalized spacial score (nSPS) is 10.9. The Morgan fingerprint density at radius 2 is 2.16 bits per heavy atom. The Balaban J connectivity index is 1.88. The van der Waals surface area contributed by atoms with Crippen LogP contribution in [0.3, 0.4) is 0 Å². The van der Waals surface area contributed by atoms with Gasteiger partial charge in [-0.05, 0) is 28.1 Å². The SMILES string of the molecule is CC(C)NCc1nc(COc2ccccc2Br)cs1. The van der Waals surface area contributed by atoms with Gasteiger partial charge in [-0.2, -0.15) is 0 Å². The number of rotatable bonds is 6. The van der Waals surface area contributed by atoms with E-state index in [1.54, 1.807) is 11.3 Å². The van der Waals surface area contributed by atoms with Gasteiger partial charge in [0.2, 0.25) is 0 Å². The van der Waals surface area contributed by atoms with Crippen LogP contribution in [-0.4, -0.2) is 11.0 Å². The molecule has 0 saturated heterocycles. The molecule has 0 fully saturated rings. The molecule has 1 aromatic heterocycles. The quantitative estimate of drug-likeness (QED) is 0.863. The predicted molar refractivity (Wildman–Crippen MR) is 82.6 cm³/mol. The van der Waals surface area contributed by atoms with Gasteiger partial charge in [0.15, 0.2) is 0 Å². The van der Waals surface area contributed by atoms with Gasteiger partial charge in [-0.25, -0.2) is 4.98 Å². The number of aromatic nitrogens is 1. The molecule has 102 valence electrons. The van der Waals surface area contributed by atoms with Crippen LogP contribution in [0.5, 0.6) is 5.75 Å². The highest BCUT2D eigenvalue weighted by Crippen LogP contribution is 2.24. The molecule has 1 N–H and O–H groups in total. The second kappa shape index (κ2) is 7.03. The molecule has 1 heterocycles. The second-order valence-corrected chi connectivity index (χ2v) is 6.28. The Bertz CT molecular complexity index is 528. The molecule has 0 spiro atoms. The smallest absolute Gasteiger partial charge is 0.134 e. The van der Waals surface area contributed by atoms with E-state index in [4.69, 9.17) is 4.74 Å². The lowest BCUT2D eigenvalue weighted by molar-refractivity contribution is 0.300. The van der Waals surface area contributed by atoms with Crippen LogP contribution in [0.15, 0.2) is 34.1 Å². The van der Waals surface area contributed by atoms with Crippen molar-refractivity contribution >= 4 is 27.3 Å². The fraction of sp³-hybridized carbons (Fsp3) is 0.357. The number of para-hydroxylation sites is 1. The summed E-state index contributed by atoms with van der Waals surface area (Å²) in [7, 11) is 0. The highest BCUT2D eigenvalue weighted by atomic mass is 79.9. The number of ether oxygens (including phenoxy) is 1. The first-order chi connectivity index (χ1) is 9.15. The number of benzene rings is 1. The van der Waals surface area contributed by atoms with Crippen molar-refractivity contribution in [3.05, 3.63) is 44.8 Å². The van der Waals surface area contributed by atoms with Gasteiger partial charge in [0.1, 0.15) is 17.4 Å². The van der Waals surface area contributed by atoms with Crippen LogP contribution >= 0.6 is 27.3 Å². The molecule has 2 aromatic rings. The Morgan fingerprint density at radius 1 is 1.37 bits per heavy atom. The van der Waals surface area contributed by atoms with E-state index in [0.717, 1.165) is 27.5 Å². The minimum Gasteiger partial charge on any atom is -0.486 e. The summed E-state index contributed by atoms with van der Waals surface area (Å²) in [5.74, 6) is 0.845. The lowest BCUT2D eigenvalue weighted by Gasteiger charge is -2.06. The van der Waals surface area contributed by atoms with E-state index in [1.165, 1.54) is 0 Å². The van der Waals surface area contributed by atoms with Crippen LogP contribution in [0.4, 0.5) is 0 Å². The summed E-state index contributed by atoms with van der Waals surface area (Å²) in [5, 5.41) is 6.50. The first kappa shape index (κ1) is 14.5. The second-order valence-electron chi connectivity index (χ2n) is 4.49. The lowest BCUT2D eigenvalue weighted by atomic mass is 10.3. The van der Waals surface area contributed by atoms with Crippen molar-refractivity contribution in [2.75, 3.05) is 0 Å². The van der Waals surface area contributed by atoms with Crippen LogP contribution in [-0.2, 0) is 13.2 Å². The van der Waals surface area contributed by atoms with Crippen LogP contribution in [0.1, 0.15) is 24.5 Å². The molecule has 2 rings (SSSR count). The van der Waals surface area contributed by atoms with Crippen molar-refractivity contribution in [2.24, 2.45) is 0 Å². The number of halogens is 1. The largest absolute Gasteiger partial charge is 0.486 e. The zero-order valence-corrected chi connectivity index (χ0v) is 13.4. The van der Waals surface area contributed by atoms with Crippen molar-refractivity contribution in [3.63, 3.8) is 0 Å². The number of thiazole rings is 1. The fourth-order valence-corrected chi connectivity index (χ4v) is 2.63. The summed E-state index contributed by atoms with van der Waals surface area (Å²) in [4.78, 5) is 4.54. The Morgan fingerprint density at radius 3 is 2.89 bits per heavy atom. The molecule has 3 nitrogen and oxygen atoms in total. The number of hydrogen-bond donors (Lipinski definition) is 1. The number of nitrogens with zero attached hydrogens (tertiary/aromatic N) is 1. The lowest BCUT2D eigenvalue weighted by Crippen LogP contribution is -2.21. The van der Waals surface area contributed by atoms with Crippen molar-refractivity contribution in [1.29, 1.82) is 0 Å². The molecule has 0 radical (unpaired) electrons. The molecule has 0 atom stereocenters. The van der Waals surface area contributed by atoms with Gasteiger partial charge in [0.25, 0.3) is 0 Å². The topological polar surface area (TPSA) is 34.2 Å². The summed E-state index contributed by atoms with van der Waals surface area (Å²) >= 11 is 5.13. The van der Waals surface area contributed by atoms with Crippen LogP contribution in [0, 0.1) is 0 Å². The molecule has 0 bridgehead atoms. The minimum atomic E-state index is 0.476. The van der Waals surface area contributed by atoms with Crippen molar-refractivity contribution < 1.29 is 4.74 Å². The molecule has 0 saturated carbocycles. The third-order valence-electron chi connectivity index (χ3n) is 2.47. The molecule has 0 amide bonds. The number of hydrogen-bond acceptors (Lipinski definition) is 4. The van der Waals surface area contributed by atoms with Gasteiger partial charge >= 0.3 is 0 Å². The molecule has 1 aromatic carbocycles. The average molecular weight is 341 g/mol. The Kier molecular flexibility index (Phi) is 5.36. The van der Waals surface area contributed by atoms with Crippen molar-refractivity contribution in [2.45, 2.75) is 33.0 Å². The zero-order chi connectivity index (χ0) is 13.7. The van der Waals surface area contributed by atoms with Gasteiger partial charge in [0.05, 0.1) is 10.2 Å². The zero-order valence-electron chi connectivity index (χ0n) is 11.0. The molecular weight excluding hydrogens is 324 g/mol. The monoisotopic (exact) mass is 340 g/mol. The van der Waals surface area contributed by atoms with E-state index in [1.807, 2.05) is 29.6 Å². The summed E-state index contributed by atoms with van der Waals surface area (Å²) in [5.41, 5.74) is 0.973. The van der Waals surface area contributed by atoms with Gasteiger partial charge in [0, 0.05) is 18.0 Å². The van der Waals surface area contributed by atoms with Gasteiger partial charge in [-0.3, -0.25) is 0 Å². The van der Waals surface area contributed by atoms with Gasteiger partial charge in [-0.1, -0.05) is 26.0 Å². The first-order valence-corrected chi connectivity index (χ1v) is 7.86. The van der Waals surface area contributed by atoms with Crippen LogP contribution < -0.4 is 10.1 Å². The first-order valence-electron chi connectivity index (χ1n) is 6.19. The Labute approximate surface area is 126 Å². The van der Waals surface area contributed by atoms with E-state index < -0.39 is 0 Å². The highest BCUT2D eigenvalue weighted by molar-refractivity contribution is 9.10. The minimum absolute atomic E-state index is 0.476. The highest BCUT2D eigenvalue weighted by Gasteiger charge is 2.05. The summed E-state index contributed by atoms with van der Waals surface area (Å²) in [6, 6.07) is 8.31. The molecule has 5 heteroatoms. The van der Waals surface area contributed by atoms with E-state index in [-0.39, 0.29) is 0 Å². The van der Waals surface area contributed by atoms with E-state index in [0.29, 0.717) is 12.6 Å². The van der Waals surface area contributed by atoms with Crippen LogP contribution in [0.2, 0.25) is 0 Å².